The van der Waals surface area contributed by atoms with Gasteiger partial charge in [-0.3, -0.25) is 9.10 Å². The van der Waals surface area contributed by atoms with Gasteiger partial charge >= 0.3 is 0 Å². The molecule has 0 radical (unpaired) electrons. The van der Waals surface area contributed by atoms with Crippen LogP contribution >= 0.6 is 11.6 Å². The minimum atomic E-state index is -3.64. The molecule has 0 saturated heterocycles. The van der Waals surface area contributed by atoms with Gasteiger partial charge in [0.2, 0.25) is 15.9 Å². The van der Waals surface area contributed by atoms with Crippen molar-refractivity contribution in [1.82, 2.24) is 5.32 Å². The lowest BCUT2D eigenvalue weighted by Crippen LogP contribution is -2.41. The molecule has 0 spiro atoms. The van der Waals surface area contributed by atoms with E-state index in [1.807, 2.05) is 38.1 Å². The predicted octanol–water partition coefficient (Wildman–Crippen LogP) is 3.60. The largest absolute Gasteiger partial charge is 0.348 e. The molecule has 0 heterocycles. The van der Waals surface area contributed by atoms with Gasteiger partial charge in [-0.15, -0.1) is 0 Å². The van der Waals surface area contributed by atoms with Crippen LogP contribution in [0.15, 0.2) is 42.5 Å². The van der Waals surface area contributed by atoms with E-state index in [1.165, 1.54) is 0 Å². The zero-order valence-corrected chi connectivity index (χ0v) is 16.9. The summed E-state index contributed by atoms with van der Waals surface area (Å²) < 4.78 is 25.5. The van der Waals surface area contributed by atoms with Gasteiger partial charge < -0.3 is 5.32 Å². The Morgan fingerprint density at radius 1 is 1.15 bits per heavy atom. The molecule has 140 valence electrons. The maximum absolute atomic E-state index is 12.5. The number of anilines is 1. The number of sulfonamides is 1. The van der Waals surface area contributed by atoms with Crippen LogP contribution in [0, 0.1) is 13.8 Å². The molecule has 0 aliphatic carbocycles. The van der Waals surface area contributed by atoms with Crippen LogP contribution in [0.3, 0.4) is 0 Å². The van der Waals surface area contributed by atoms with Gasteiger partial charge in [0.1, 0.15) is 6.54 Å². The zero-order chi connectivity index (χ0) is 19.5. The summed E-state index contributed by atoms with van der Waals surface area (Å²) in [6.07, 6.45) is 1.07. The van der Waals surface area contributed by atoms with Crippen LogP contribution in [-0.4, -0.2) is 27.1 Å². The van der Waals surface area contributed by atoms with Crippen molar-refractivity contribution < 1.29 is 13.2 Å². The van der Waals surface area contributed by atoms with E-state index in [1.54, 1.807) is 25.1 Å². The second kappa shape index (κ2) is 8.10. The molecule has 0 aliphatic heterocycles. The number of nitrogens with zero attached hydrogens (tertiary/aromatic N) is 1. The van der Waals surface area contributed by atoms with Crippen LogP contribution in [0.1, 0.15) is 29.7 Å². The first-order valence-corrected chi connectivity index (χ1v) is 10.4. The Bertz CT molecular complexity index is 896. The fraction of sp³-hybridized carbons (Fsp3) is 0.316. The standard InChI is InChI=1S/C19H23ClN2O3S/c1-13-8-10-16(11-9-13)15(3)21-19(23)12-22(26(4,24)25)18-7-5-6-17(20)14(18)2/h5-11,15H,12H2,1-4H3,(H,21,23)/t15-/m0/s1. The van der Waals surface area contributed by atoms with Crippen LogP contribution in [0.2, 0.25) is 5.02 Å². The highest BCUT2D eigenvalue weighted by atomic mass is 35.5. The molecule has 0 aromatic heterocycles. The van der Waals surface area contributed by atoms with Crippen LogP contribution < -0.4 is 9.62 Å². The van der Waals surface area contributed by atoms with Gasteiger partial charge in [-0.25, -0.2) is 8.42 Å². The highest BCUT2D eigenvalue weighted by Crippen LogP contribution is 2.28. The number of benzene rings is 2. The molecule has 0 unspecified atom stereocenters. The molecule has 5 nitrogen and oxygen atoms in total. The van der Waals surface area contributed by atoms with Crippen molar-refractivity contribution in [3.63, 3.8) is 0 Å². The first kappa shape index (κ1) is 20.3. The number of carbonyl (C=O) groups excluding carboxylic acids is 1. The average molecular weight is 395 g/mol. The van der Waals surface area contributed by atoms with E-state index in [4.69, 9.17) is 11.6 Å². The number of aryl methyl sites for hydroxylation is 1. The molecule has 1 amide bonds. The SMILES string of the molecule is Cc1ccc([C@H](C)NC(=O)CN(c2cccc(Cl)c2C)S(C)(=O)=O)cc1. The van der Waals surface area contributed by atoms with E-state index in [2.05, 4.69) is 5.32 Å². The highest BCUT2D eigenvalue weighted by molar-refractivity contribution is 7.92. The van der Waals surface area contributed by atoms with Crippen LogP contribution in [0.4, 0.5) is 5.69 Å². The summed E-state index contributed by atoms with van der Waals surface area (Å²) in [7, 11) is -3.64. The topological polar surface area (TPSA) is 66.5 Å². The quantitative estimate of drug-likeness (QED) is 0.813. The fourth-order valence-electron chi connectivity index (χ4n) is 2.60. The van der Waals surface area contributed by atoms with E-state index in [0.29, 0.717) is 16.3 Å². The Morgan fingerprint density at radius 3 is 2.35 bits per heavy atom. The molecule has 2 aromatic rings. The summed E-state index contributed by atoms with van der Waals surface area (Å²) in [4.78, 5) is 12.5. The fourth-order valence-corrected chi connectivity index (χ4v) is 3.68. The van der Waals surface area contributed by atoms with Gasteiger partial charge in [-0.2, -0.15) is 0 Å². The van der Waals surface area contributed by atoms with E-state index < -0.39 is 10.0 Å². The van der Waals surface area contributed by atoms with Gasteiger partial charge in [-0.05, 0) is 44.0 Å². The first-order valence-electron chi connectivity index (χ1n) is 8.18. The second-order valence-corrected chi connectivity index (χ2v) is 8.67. The summed E-state index contributed by atoms with van der Waals surface area (Å²) in [5.74, 6) is -0.386. The Labute approximate surface area is 160 Å². The maximum atomic E-state index is 12.5. The van der Waals surface area contributed by atoms with Crippen molar-refractivity contribution in [2.75, 3.05) is 17.1 Å². The second-order valence-electron chi connectivity index (χ2n) is 6.35. The number of amides is 1. The number of rotatable bonds is 6. The lowest BCUT2D eigenvalue weighted by atomic mass is 10.1. The molecular weight excluding hydrogens is 372 g/mol. The molecule has 1 atom stereocenters. The monoisotopic (exact) mass is 394 g/mol. The van der Waals surface area contributed by atoms with E-state index in [0.717, 1.165) is 21.7 Å². The third kappa shape index (κ3) is 4.99. The zero-order valence-electron chi connectivity index (χ0n) is 15.3. The molecule has 0 aliphatic rings. The van der Waals surface area contributed by atoms with Crippen molar-refractivity contribution in [3.05, 3.63) is 64.2 Å². The number of nitrogens with one attached hydrogen (secondary N) is 1. The Kier molecular flexibility index (Phi) is 6.31. The van der Waals surface area contributed by atoms with Gasteiger partial charge in [-0.1, -0.05) is 47.5 Å². The molecule has 0 bridgehead atoms. The van der Waals surface area contributed by atoms with Crippen molar-refractivity contribution in [1.29, 1.82) is 0 Å². The molecule has 2 rings (SSSR count). The third-order valence-electron chi connectivity index (χ3n) is 4.15. The van der Waals surface area contributed by atoms with Gasteiger partial charge in [0, 0.05) is 5.02 Å². The molecule has 7 heteroatoms. The van der Waals surface area contributed by atoms with E-state index >= 15 is 0 Å². The minimum absolute atomic E-state index is 0.232. The summed E-state index contributed by atoms with van der Waals surface area (Å²) in [6, 6.07) is 12.6. The van der Waals surface area contributed by atoms with Crippen LogP contribution in [-0.2, 0) is 14.8 Å². The number of hydrogen-bond acceptors (Lipinski definition) is 3. The lowest BCUT2D eigenvalue weighted by molar-refractivity contribution is -0.120. The highest BCUT2D eigenvalue weighted by Gasteiger charge is 2.23. The summed E-state index contributed by atoms with van der Waals surface area (Å²) in [5.41, 5.74) is 3.10. The summed E-state index contributed by atoms with van der Waals surface area (Å²) >= 11 is 6.10. The van der Waals surface area contributed by atoms with Crippen LogP contribution in [0.25, 0.3) is 0 Å². The summed E-state index contributed by atoms with van der Waals surface area (Å²) in [6.45, 7) is 5.27. The molecule has 26 heavy (non-hydrogen) atoms. The number of halogens is 1. The number of carbonyl (C=O) groups is 1. The average Bonchev–Trinajstić information content (AvgIpc) is 2.55. The number of hydrogen-bond donors (Lipinski definition) is 1. The Morgan fingerprint density at radius 2 is 1.77 bits per heavy atom. The smallest absolute Gasteiger partial charge is 0.241 e. The summed E-state index contributed by atoms with van der Waals surface area (Å²) in [5, 5.41) is 3.29. The predicted molar refractivity (Wildman–Crippen MR) is 106 cm³/mol. The van der Waals surface area contributed by atoms with E-state index in [9.17, 15) is 13.2 Å². The van der Waals surface area contributed by atoms with Crippen molar-refractivity contribution in [3.8, 4) is 0 Å². The molecular formula is C19H23ClN2O3S. The first-order chi connectivity index (χ1) is 12.1. The molecule has 2 aromatic carbocycles. The Hall–Kier alpha value is -2.05. The third-order valence-corrected chi connectivity index (χ3v) is 5.69. The van der Waals surface area contributed by atoms with Crippen LogP contribution in [0.5, 0.6) is 0 Å². The minimum Gasteiger partial charge on any atom is -0.348 e. The lowest BCUT2D eigenvalue weighted by Gasteiger charge is -2.25. The van der Waals surface area contributed by atoms with Crippen molar-refractivity contribution in [2.24, 2.45) is 0 Å². The van der Waals surface area contributed by atoms with Gasteiger partial charge in [0.15, 0.2) is 0 Å². The van der Waals surface area contributed by atoms with Gasteiger partial charge in [0.05, 0.1) is 18.0 Å². The molecule has 0 saturated carbocycles. The normalized spacial score (nSPS) is 12.5. The van der Waals surface area contributed by atoms with Gasteiger partial charge in [0.25, 0.3) is 0 Å². The maximum Gasteiger partial charge on any atom is 0.241 e. The molecule has 0 fully saturated rings. The Balaban J connectivity index is 2.19. The van der Waals surface area contributed by atoms with E-state index in [-0.39, 0.29) is 18.5 Å². The molecule has 1 N–H and O–H groups in total. The van der Waals surface area contributed by atoms with Crippen molar-refractivity contribution >= 4 is 33.2 Å². The van der Waals surface area contributed by atoms with Crippen molar-refractivity contribution in [2.45, 2.75) is 26.8 Å².